The van der Waals surface area contributed by atoms with Crippen molar-refractivity contribution in [2.45, 2.75) is 51.1 Å². The molecule has 1 aromatic heterocycles. The second kappa shape index (κ2) is 3.04. The molecule has 3 rings (SSSR count). The molecule has 1 N–H and O–H groups in total. The predicted molar refractivity (Wildman–Crippen MR) is 58.8 cm³/mol. The average molecular weight is 208 g/mol. The third-order valence-electron chi connectivity index (χ3n) is 3.23. The number of rotatable bonds is 1. The normalized spacial score (nSPS) is 29.6. The fourth-order valence-corrected chi connectivity index (χ4v) is 3.66. The maximum absolute atomic E-state index is 4.77. The van der Waals surface area contributed by atoms with Gasteiger partial charge in [0.25, 0.3) is 0 Å². The fraction of sp³-hybridized carbons (Fsp3) is 0.727. The summed E-state index contributed by atoms with van der Waals surface area (Å²) >= 11 is 1.93. The van der Waals surface area contributed by atoms with Crippen LogP contribution in [0.1, 0.15) is 54.2 Å². The van der Waals surface area contributed by atoms with Crippen LogP contribution < -0.4 is 5.32 Å². The number of thiazole rings is 1. The quantitative estimate of drug-likeness (QED) is 0.767. The minimum absolute atomic E-state index is 0.587. The summed E-state index contributed by atoms with van der Waals surface area (Å²) in [7, 11) is 0. The van der Waals surface area contributed by atoms with E-state index in [9.17, 15) is 0 Å². The van der Waals surface area contributed by atoms with E-state index in [2.05, 4.69) is 19.2 Å². The monoisotopic (exact) mass is 208 g/mol. The van der Waals surface area contributed by atoms with Crippen molar-refractivity contribution in [2.24, 2.45) is 0 Å². The largest absolute Gasteiger partial charge is 0.306 e. The van der Waals surface area contributed by atoms with Gasteiger partial charge in [-0.1, -0.05) is 13.8 Å². The van der Waals surface area contributed by atoms with Gasteiger partial charge in [0.1, 0.15) is 0 Å². The van der Waals surface area contributed by atoms with E-state index in [-0.39, 0.29) is 0 Å². The van der Waals surface area contributed by atoms with Gasteiger partial charge in [-0.15, -0.1) is 11.3 Å². The zero-order valence-corrected chi connectivity index (χ0v) is 9.53. The first-order valence-electron chi connectivity index (χ1n) is 5.49. The number of nitrogens with one attached hydrogen (secondary N) is 1. The highest BCUT2D eigenvalue weighted by Crippen LogP contribution is 2.40. The molecule has 0 aliphatic carbocycles. The Balaban J connectivity index is 2.01. The molecular formula is C11H16N2S. The summed E-state index contributed by atoms with van der Waals surface area (Å²) in [4.78, 5) is 6.30. The molecule has 3 heteroatoms. The molecule has 1 aromatic rings. The van der Waals surface area contributed by atoms with Gasteiger partial charge < -0.3 is 5.32 Å². The molecule has 3 heterocycles. The van der Waals surface area contributed by atoms with Gasteiger partial charge in [-0.3, -0.25) is 0 Å². The van der Waals surface area contributed by atoms with Gasteiger partial charge in [0.05, 0.1) is 10.7 Å². The molecule has 2 bridgehead atoms. The van der Waals surface area contributed by atoms with E-state index in [1.807, 2.05) is 11.3 Å². The van der Waals surface area contributed by atoms with Crippen molar-refractivity contribution in [1.29, 1.82) is 0 Å². The first-order chi connectivity index (χ1) is 6.74. The summed E-state index contributed by atoms with van der Waals surface area (Å²) in [5.41, 5.74) is 1.39. The van der Waals surface area contributed by atoms with Crippen LogP contribution in [0, 0.1) is 0 Å². The molecule has 0 amide bonds. The zero-order valence-electron chi connectivity index (χ0n) is 8.71. The van der Waals surface area contributed by atoms with E-state index in [1.54, 1.807) is 0 Å². The topological polar surface area (TPSA) is 24.9 Å². The van der Waals surface area contributed by atoms with Crippen molar-refractivity contribution in [2.75, 3.05) is 0 Å². The van der Waals surface area contributed by atoms with Gasteiger partial charge in [0, 0.05) is 29.3 Å². The van der Waals surface area contributed by atoms with E-state index >= 15 is 0 Å². The predicted octanol–water partition coefficient (Wildman–Crippen LogP) is 2.62. The Bertz CT molecular complexity index is 356. The molecule has 1 fully saturated rings. The lowest BCUT2D eigenvalue weighted by Gasteiger charge is -2.19. The Hall–Kier alpha value is -0.410. The lowest BCUT2D eigenvalue weighted by Crippen LogP contribution is -2.30. The molecule has 2 aliphatic heterocycles. The standard InChI is InChI=1S/C11H16N2S/c1-6(2)11-13-9-5-7-3-4-8(12-7)10(9)14-11/h6-8,12H,3-5H2,1-2H3. The molecule has 0 aromatic carbocycles. The van der Waals surface area contributed by atoms with Crippen molar-refractivity contribution < 1.29 is 0 Å². The van der Waals surface area contributed by atoms with Crippen LogP contribution in [-0.4, -0.2) is 11.0 Å². The molecule has 0 saturated carbocycles. The van der Waals surface area contributed by atoms with Gasteiger partial charge in [0.15, 0.2) is 0 Å². The number of nitrogens with zero attached hydrogens (tertiary/aromatic N) is 1. The molecule has 14 heavy (non-hydrogen) atoms. The van der Waals surface area contributed by atoms with E-state index in [0.717, 1.165) is 12.5 Å². The van der Waals surface area contributed by atoms with Gasteiger partial charge in [-0.25, -0.2) is 4.98 Å². The van der Waals surface area contributed by atoms with Crippen LogP contribution in [0.3, 0.4) is 0 Å². The Kier molecular flexibility index (Phi) is 1.92. The molecule has 2 atom stereocenters. The van der Waals surface area contributed by atoms with E-state index < -0.39 is 0 Å². The average Bonchev–Trinajstić information content (AvgIpc) is 2.71. The molecule has 2 nitrogen and oxygen atoms in total. The lowest BCUT2D eigenvalue weighted by molar-refractivity contribution is 0.515. The van der Waals surface area contributed by atoms with Crippen LogP contribution in [0.4, 0.5) is 0 Å². The SMILES string of the molecule is CC(C)c1nc2c(s1)C1CCC(C2)N1. The summed E-state index contributed by atoms with van der Waals surface area (Å²) in [5, 5.41) is 4.99. The van der Waals surface area contributed by atoms with Crippen molar-refractivity contribution in [3.8, 4) is 0 Å². The van der Waals surface area contributed by atoms with E-state index in [1.165, 1.54) is 28.4 Å². The minimum Gasteiger partial charge on any atom is -0.306 e. The van der Waals surface area contributed by atoms with Crippen LogP contribution in [0.5, 0.6) is 0 Å². The number of hydrogen-bond donors (Lipinski definition) is 1. The van der Waals surface area contributed by atoms with Crippen LogP contribution in [0.15, 0.2) is 0 Å². The fourth-order valence-electron chi connectivity index (χ4n) is 2.47. The summed E-state index contributed by atoms with van der Waals surface area (Å²) in [6, 6.07) is 1.35. The molecule has 2 unspecified atom stereocenters. The second-order valence-electron chi connectivity index (χ2n) is 4.72. The summed E-state index contributed by atoms with van der Waals surface area (Å²) < 4.78 is 0. The maximum atomic E-state index is 4.77. The summed E-state index contributed by atoms with van der Waals surface area (Å²) in [6.45, 7) is 4.46. The number of fused-ring (bicyclic) bond motifs is 4. The Labute approximate surface area is 88.7 Å². The van der Waals surface area contributed by atoms with Crippen LogP contribution in [0.25, 0.3) is 0 Å². The van der Waals surface area contributed by atoms with Crippen LogP contribution in [0.2, 0.25) is 0 Å². The maximum Gasteiger partial charge on any atom is 0.0957 e. The highest BCUT2D eigenvalue weighted by molar-refractivity contribution is 7.12. The molecule has 76 valence electrons. The number of aromatic nitrogens is 1. The number of hydrogen-bond acceptors (Lipinski definition) is 3. The zero-order chi connectivity index (χ0) is 9.71. The van der Waals surface area contributed by atoms with Gasteiger partial charge in [-0.05, 0) is 12.8 Å². The van der Waals surface area contributed by atoms with Crippen LogP contribution in [-0.2, 0) is 6.42 Å². The van der Waals surface area contributed by atoms with E-state index in [4.69, 9.17) is 4.98 Å². The van der Waals surface area contributed by atoms with E-state index in [0.29, 0.717) is 12.0 Å². The van der Waals surface area contributed by atoms with Gasteiger partial charge in [0.2, 0.25) is 0 Å². The second-order valence-corrected chi connectivity index (χ2v) is 5.78. The van der Waals surface area contributed by atoms with Gasteiger partial charge in [-0.2, -0.15) is 0 Å². The third kappa shape index (κ3) is 1.22. The Morgan fingerprint density at radius 3 is 3.07 bits per heavy atom. The highest BCUT2D eigenvalue weighted by Gasteiger charge is 2.34. The lowest BCUT2D eigenvalue weighted by atomic mass is 10.1. The third-order valence-corrected chi connectivity index (χ3v) is 4.75. The Morgan fingerprint density at radius 1 is 1.43 bits per heavy atom. The van der Waals surface area contributed by atoms with Crippen molar-refractivity contribution in [3.05, 3.63) is 15.6 Å². The molecule has 1 saturated heterocycles. The molecule has 2 aliphatic rings. The molecule has 0 spiro atoms. The molecule has 0 radical (unpaired) electrons. The summed E-state index contributed by atoms with van der Waals surface area (Å²) in [6.07, 6.45) is 3.82. The van der Waals surface area contributed by atoms with Crippen molar-refractivity contribution >= 4 is 11.3 Å². The van der Waals surface area contributed by atoms with Crippen molar-refractivity contribution in [3.63, 3.8) is 0 Å². The van der Waals surface area contributed by atoms with Crippen molar-refractivity contribution in [1.82, 2.24) is 10.3 Å². The highest BCUT2D eigenvalue weighted by atomic mass is 32.1. The summed E-state index contributed by atoms with van der Waals surface area (Å²) in [5.74, 6) is 0.587. The first-order valence-corrected chi connectivity index (χ1v) is 6.31. The molecular weight excluding hydrogens is 192 g/mol. The smallest absolute Gasteiger partial charge is 0.0957 e. The van der Waals surface area contributed by atoms with Gasteiger partial charge >= 0.3 is 0 Å². The minimum atomic E-state index is 0.587. The Morgan fingerprint density at radius 2 is 2.29 bits per heavy atom. The first kappa shape index (κ1) is 8.86. The van der Waals surface area contributed by atoms with Crippen LogP contribution >= 0.6 is 11.3 Å².